The molecule has 0 aromatic heterocycles. The maximum absolute atomic E-state index is 12.1. The van der Waals surface area contributed by atoms with Crippen molar-refractivity contribution in [2.75, 3.05) is 13.2 Å². The van der Waals surface area contributed by atoms with Gasteiger partial charge in [0.2, 0.25) is 0 Å². The molecule has 0 atom stereocenters. The highest BCUT2D eigenvalue weighted by Crippen LogP contribution is 2.36. The largest absolute Gasteiger partial charge is 0.490 e. The van der Waals surface area contributed by atoms with Crippen LogP contribution >= 0.6 is 15.9 Å². The van der Waals surface area contributed by atoms with E-state index in [-0.39, 0.29) is 12.5 Å². The molecule has 0 aliphatic carbocycles. The van der Waals surface area contributed by atoms with Crippen LogP contribution < -0.4 is 20.6 Å². The van der Waals surface area contributed by atoms with E-state index in [4.69, 9.17) is 15.2 Å². The summed E-state index contributed by atoms with van der Waals surface area (Å²) < 4.78 is 11.5. The van der Waals surface area contributed by atoms with E-state index in [1.165, 1.54) is 6.21 Å². The van der Waals surface area contributed by atoms with Gasteiger partial charge in [-0.05, 0) is 59.6 Å². The molecule has 142 valence electrons. The third-order valence-electron chi connectivity index (χ3n) is 3.38. The van der Waals surface area contributed by atoms with Crippen LogP contribution in [0, 0.1) is 6.92 Å². The first kappa shape index (κ1) is 20.4. The molecule has 2 rings (SSSR count). The summed E-state index contributed by atoms with van der Waals surface area (Å²) in [7, 11) is 0. The number of carbonyl (C=O) groups excluding carboxylic acids is 2. The first-order chi connectivity index (χ1) is 12.9. The molecule has 7 nitrogen and oxygen atoms in total. The highest BCUT2D eigenvalue weighted by molar-refractivity contribution is 9.10. The zero-order chi connectivity index (χ0) is 19.8. The smallest absolute Gasteiger partial charge is 0.271 e. The Morgan fingerprint density at radius 1 is 1.22 bits per heavy atom. The minimum absolute atomic E-state index is 0.265. The molecular weight excluding hydrogens is 414 g/mol. The van der Waals surface area contributed by atoms with Crippen molar-refractivity contribution in [3.8, 4) is 11.5 Å². The molecular formula is C19H20BrN3O4. The number of hydrazone groups is 1. The fourth-order valence-electron chi connectivity index (χ4n) is 2.14. The van der Waals surface area contributed by atoms with Crippen LogP contribution in [-0.2, 0) is 4.79 Å². The summed E-state index contributed by atoms with van der Waals surface area (Å²) in [5, 5.41) is 3.97. The van der Waals surface area contributed by atoms with Crippen LogP contribution in [0.4, 0.5) is 0 Å². The number of hydrogen-bond donors (Lipinski definition) is 2. The Hall–Kier alpha value is -2.87. The number of halogens is 1. The first-order valence-electron chi connectivity index (χ1n) is 8.18. The number of aryl methyl sites for hydroxylation is 1. The Labute approximate surface area is 165 Å². The second-order valence-electron chi connectivity index (χ2n) is 5.58. The Balaban J connectivity index is 2.12. The molecule has 0 saturated heterocycles. The monoisotopic (exact) mass is 433 g/mol. The lowest BCUT2D eigenvalue weighted by atomic mass is 10.1. The lowest BCUT2D eigenvalue weighted by Gasteiger charge is -2.13. The molecule has 27 heavy (non-hydrogen) atoms. The van der Waals surface area contributed by atoms with E-state index >= 15 is 0 Å². The standard InChI is InChI=1S/C19H20BrN3O4/c1-3-26-16-9-13(8-15(20)18(16)27-11-17(21)24)10-22-23-19(25)14-6-4-12(2)5-7-14/h4-10H,3,11H2,1-2H3,(H2,21,24)(H,23,25)/b22-10+. The lowest BCUT2D eigenvalue weighted by molar-refractivity contribution is -0.119. The van der Waals surface area contributed by atoms with Crippen molar-refractivity contribution in [3.63, 3.8) is 0 Å². The summed E-state index contributed by atoms with van der Waals surface area (Å²) in [5.74, 6) is -0.0958. The van der Waals surface area contributed by atoms with E-state index < -0.39 is 5.91 Å². The van der Waals surface area contributed by atoms with Gasteiger partial charge in [0, 0.05) is 5.56 Å². The van der Waals surface area contributed by atoms with Crippen molar-refractivity contribution >= 4 is 34.0 Å². The predicted molar refractivity (Wildman–Crippen MR) is 106 cm³/mol. The Morgan fingerprint density at radius 2 is 1.93 bits per heavy atom. The van der Waals surface area contributed by atoms with Crippen LogP contribution in [-0.4, -0.2) is 31.2 Å². The normalized spacial score (nSPS) is 10.6. The number of benzene rings is 2. The van der Waals surface area contributed by atoms with Gasteiger partial charge in [0.15, 0.2) is 18.1 Å². The number of nitrogens with zero attached hydrogens (tertiary/aromatic N) is 1. The van der Waals surface area contributed by atoms with Gasteiger partial charge in [0.1, 0.15) is 0 Å². The number of nitrogens with two attached hydrogens (primary N) is 1. The molecule has 0 aliphatic heterocycles. The van der Waals surface area contributed by atoms with Gasteiger partial charge in [-0.2, -0.15) is 5.10 Å². The summed E-state index contributed by atoms with van der Waals surface area (Å²) >= 11 is 3.38. The zero-order valence-electron chi connectivity index (χ0n) is 15.0. The maximum Gasteiger partial charge on any atom is 0.271 e. The second-order valence-corrected chi connectivity index (χ2v) is 6.44. The summed E-state index contributed by atoms with van der Waals surface area (Å²) in [4.78, 5) is 23.0. The number of nitrogens with one attached hydrogen (secondary N) is 1. The van der Waals surface area contributed by atoms with Crippen molar-refractivity contribution in [1.29, 1.82) is 0 Å². The van der Waals surface area contributed by atoms with E-state index in [1.54, 1.807) is 24.3 Å². The van der Waals surface area contributed by atoms with E-state index in [0.717, 1.165) is 5.56 Å². The van der Waals surface area contributed by atoms with Gasteiger partial charge in [-0.1, -0.05) is 17.7 Å². The third-order valence-corrected chi connectivity index (χ3v) is 3.97. The first-order valence-corrected chi connectivity index (χ1v) is 8.97. The summed E-state index contributed by atoms with van der Waals surface area (Å²) in [6.45, 7) is 3.92. The molecule has 0 saturated carbocycles. The fraction of sp³-hybridized carbons (Fsp3) is 0.211. The number of rotatable bonds is 8. The quantitative estimate of drug-likeness (QED) is 0.493. The van der Waals surface area contributed by atoms with Crippen molar-refractivity contribution in [1.82, 2.24) is 5.43 Å². The van der Waals surface area contributed by atoms with Gasteiger partial charge in [-0.25, -0.2) is 5.43 Å². The van der Waals surface area contributed by atoms with Crippen molar-refractivity contribution in [2.24, 2.45) is 10.8 Å². The summed E-state index contributed by atoms with van der Waals surface area (Å²) in [6, 6.07) is 10.6. The number of ether oxygens (including phenoxy) is 2. The Bertz CT molecular complexity index is 851. The lowest BCUT2D eigenvalue weighted by Crippen LogP contribution is -2.20. The molecule has 2 amide bonds. The van der Waals surface area contributed by atoms with Crippen molar-refractivity contribution < 1.29 is 19.1 Å². The van der Waals surface area contributed by atoms with E-state index in [2.05, 4.69) is 26.5 Å². The average Bonchev–Trinajstić information content (AvgIpc) is 2.61. The minimum Gasteiger partial charge on any atom is -0.490 e. The molecule has 0 radical (unpaired) electrons. The molecule has 0 fully saturated rings. The van der Waals surface area contributed by atoms with Crippen LogP contribution in [0.25, 0.3) is 0 Å². The van der Waals surface area contributed by atoms with Crippen LogP contribution in [0.15, 0.2) is 46.0 Å². The molecule has 3 N–H and O–H groups in total. The molecule has 0 spiro atoms. The molecule has 0 heterocycles. The van der Waals surface area contributed by atoms with Crippen molar-refractivity contribution in [3.05, 3.63) is 57.6 Å². The van der Waals surface area contributed by atoms with Gasteiger partial charge in [0.05, 0.1) is 17.3 Å². The SMILES string of the molecule is CCOc1cc(/C=N/NC(=O)c2ccc(C)cc2)cc(Br)c1OCC(N)=O. The molecule has 0 bridgehead atoms. The van der Waals surface area contributed by atoms with Crippen LogP contribution in [0.5, 0.6) is 11.5 Å². The number of primary amides is 1. The van der Waals surface area contributed by atoms with Gasteiger partial charge in [-0.3, -0.25) is 9.59 Å². The van der Waals surface area contributed by atoms with Gasteiger partial charge < -0.3 is 15.2 Å². The molecule has 0 unspecified atom stereocenters. The maximum atomic E-state index is 12.1. The van der Waals surface area contributed by atoms with Gasteiger partial charge >= 0.3 is 0 Å². The number of amides is 2. The summed E-state index contributed by atoms with van der Waals surface area (Å²) in [5.41, 5.74) is 9.84. The highest BCUT2D eigenvalue weighted by Gasteiger charge is 2.13. The fourth-order valence-corrected chi connectivity index (χ4v) is 2.72. The summed E-state index contributed by atoms with van der Waals surface area (Å²) in [6.07, 6.45) is 1.48. The van der Waals surface area contributed by atoms with Gasteiger partial charge in [-0.15, -0.1) is 0 Å². The third kappa shape index (κ3) is 6.10. The Kier molecular flexibility index (Phi) is 7.36. The topological polar surface area (TPSA) is 103 Å². The van der Waals surface area contributed by atoms with E-state index in [1.807, 2.05) is 26.0 Å². The van der Waals surface area contributed by atoms with E-state index in [9.17, 15) is 9.59 Å². The molecule has 0 aliphatic rings. The van der Waals surface area contributed by atoms with Crippen molar-refractivity contribution in [2.45, 2.75) is 13.8 Å². The number of carbonyl (C=O) groups is 2. The number of hydrogen-bond acceptors (Lipinski definition) is 5. The highest BCUT2D eigenvalue weighted by atomic mass is 79.9. The zero-order valence-corrected chi connectivity index (χ0v) is 16.6. The molecule has 2 aromatic rings. The second kappa shape index (κ2) is 9.72. The Morgan fingerprint density at radius 3 is 2.56 bits per heavy atom. The van der Waals surface area contributed by atoms with Crippen LogP contribution in [0.1, 0.15) is 28.4 Å². The van der Waals surface area contributed by atoms with Gasteiger partial charge in [0.25, 0.3) is 11.8 Å². The molecule has 2 aromatic carbocycles. The predicted octanol–water partition coefficient (Wildman–Crippen LogP) is 2.78. The van der Waals surface area contributed by atoms with E-state index in [0.29, 0.717) is 33.7 Å². The average molecular weight is 434 g/mol. The minimum atomic E-state index is -0.589. The van der Waals surface area contributed by atoms with Crippen LogP contribution in [0.2, 0.25) is 0 Å². The van der Waals surface area contributed by atoms with Crippen LogP contribution in [0.3, 0.4) is 0 Å². The molecule has 8 heteroatoms.